The van der Waals surface area contributed by atoms with Crippen LogP contribution in [0.3, 0.4) is 0 Å². The summed E-state index contributed by atoms with van der Waals surface area (Å²) in [5, 5.41) is 7.42. The topological polar surface area (TPSA) is 37.3 Å². The van der Waals surface area contributed by atoms with Crippen LogP contribution in [-0.4, -0.2) is 60.4 Å². The van der Waals surface area contributed by atoms with Crippen molar-refractivity contribution in [2.45, 2.75) is 165 Å². The van der Waals surface area contributed by atoms with Crippen molar-refractivity contribution in [3.8, 4) is 0 Å². The van der Waals surface area contributed by atoms with E-state index in [1.165, 1.54) is 103 Å². The van der Waals surface area contributed by atoms with Gasteiger partial charge in [-0.3, -0.25) is 4.79 Å². The summed E-state index contributed by atoms with van der Waals surface area (Å²) in [6.45, 7) is 19.9. The van der Waals surface area contributed by atoms with Crippen LogP contribution in [0.5, 0.6) is 0 Å². The normalized spacial score (nSPS) is 11.4. The molecule has 0 saturated heterocycles. The zero-order chi connectivity index (χ0) is 29.5. The summed E-state index contributed by atoms with van der Waals surface area (Å²) in [5.41, 5.74) is 0. The van der Waals surface area contributed by atoms with E-state index >= 15 is 0 Å². The largest absolute Gasteiger partial charge is 0.481 e. The Hall–Kier alpha value is 0.330. The second-order valence-electron chi connectivity index (χ2n) is 11.8. The number of carboxylic acids is 1. The molecule has 2 nitrogen and oxygen atoms in total. The van der Waals surface area contributed by atoms with Crippen LogP contribution in [0.15, 0.2) is 0 Å². The van der Waals surface area contributed by atoms with E-state index in [4.69, 9.17) is 9.90 Å². The Kier molecular flexibility index (Phi) is 35.9. The van der Waals surface area contributed by atoms with E-state index in [9.17, 15) is 0 Å². The first-order valence-electron chi connectivity index (χ1n) is 17.1. The molecule has 0 heterocycles. The maximum atomic E-state index is 9.00. The maximum absolute atomic E-state index is 9.00. The van der Waals surface area contributed by atoms with Gasteiger partial charge in [0.1, 0.15) is 0 Å². The molecule has 0 rings (SSSR count). The number of hydrogen-bond donors (Lipinski definition) is 1. The molecule has 1 N–H and O–H groups in total. The highest BCUT2D eigenvalue weighted by Crippen LogP contribution is 2.62. The third-order valence-electron chi connectivity index (χ3n) is 7.89. The van der Waals surface area contributed by atoms with Crippen LogP contribution in [0.1, 0.15) is 165 Å². The summed E-state index contributed by atoms with van der Waals surface area (Å²) in [5.74, 6) is -0.833. The molecular formula is C34H76O2P2+2. The summed E-state index contributed by atoms with van der Waals surface area (Å²) in [6.07, 6.45) is 35.9. The number of aliphatic carboxylic acids is 1. The first-order chi connectivity index (χ1) is 18.2. The molecule has 0 unspecified atom stereocenters. The van der Waals surface area contributed by atoms with Gasteiger partial charge in [-0.2, -0.15) is 0 Å². The van der Waals surface area contributed by atoms with Crippen molar-refractivity contribution in [3.63, 3.8) is 0 Å². The third-order valence-corrected chi connectivity index (χ3v) is 18.0. The second kappa shape index (κ2) is 31.9. The van der Waals surface area contributed by atoms with Crippen molar-refractivity contribution in [1.82, 2.24) is 0 Å². The van der Waals surface area contributed by atoms with Crippen molar-refractivity contribution in [3.05, 3.63) is 0 Å². The van der Waals surface area contributed by atoms with Crippen LogP contribution in [0.4, 0.5) is 0 Å². The van der Waals surface area contributed by atoms with E-state index < -0.39 is 20.5 Å². The standard InChI is InChI=1S/2C16H36P.C2H4O2/c2*1-5-9-13-17(14-10-6-2,15-11-7-3)16-12-8-4;1-2(3)4/h2*5-16H2,1-4H3;1H3,(H,3,4)/q2*+1;. The second-order valence-corrected chi connectivity index (χ2v) is 20.8. The van der Waals surface area contributed by atoms with Crippen molar-refractivity contribution in [1.29, 1.82) is 0 Å². The van der Waals surface area contributed by atoms with Crippen molar-refractivity contribution < 1.29 is 9.90 Å². The number of hydrogen-bond acceptors (Lipinski definition) is 1. The van der Waals surface area contributed by atoms with Gasteiger partial charge in [-0.05, 0) is 51.4 Å². The molecule has 232 valence electrons. The molecule has 0 aliphatic heterocycles. The van der Waals surface area contributed by atoms with Crippen LogP contribution >= 0.6 is 14.5 Å². The molecule has 0 aliphatic carbocycles. The zero-order valence-corrected chi connectivity index (χ0v) is 30.0. The van der Waals surface area contributed by atoms with E-state index in [2.05, 4.69) is 55.4 Å². The molecule has 0 atom stereocenters. The summed E-state index contributed by atoms with van der Waals surface area (Å²) in [7, 11) is -1.12. The molecule has 0 fully saturated rings. The Balaban J connectivity index is -0.000000564. The van der Waals surface area contributed by atoms with Crippen LogP contribution in [0, 0.1) is 0 Å². The van der Waals surface area contributed by atoms with Crippen molar-refractivity contribution in [2.75, 3.05) is 49.3 Å². The molecular weight excluding hydrogens is 502 g/mol. The first kappa shape index (κ1) is 42.8. The molecule has 0 bridgehead atoms. The highest BCUT2D eigenvalue weighted by atomic mass is 31.2. The molecule has 0 amide bonds. The van der Waals surface area contributed by atoms with Gasteiger partial charge in [0.2, 0.25) is 0 Å². The third kappa shape index (κ3) is 27.9. The quantitative estimate of drug-likeness (QED) is 0.116. The van der Waals surface area contributed by atoms with Crippen LogP contribution in [-0.2, 0) is 4.79 Å². The Bertz CT molecular complexity index is 352. The Labute approximate surface area is 244 Å². The lowest BCUT2D eigenvalue weighted by molar-refractivity contribution is -0.134. The highest BCUT2D eigenvalue weighted by molar-refractivity contribution is 7.76. The molecule has 38 heavy (non-hydrogen) atoms. The lowest BCUT2D eigenvalue weighted by atomic mass is 10.4. The maximum Gasteiger partial charge on any atom is 0.300 e. The van der Waals surface area contributed by atoms with Crippen LogP contribution in [0.2, 0.25) is 0 Å². The molecule has 0 aromatic heterocycles. The molecule has 0 aliphatic rings. The average Bonchev–Trinajstić information content (AvgIpc) is 2.91. The lowest BCUT2D eigenvalue weighted by Crippen LogP contribution is -2.12. The molecule has 0 saturated carbocycles. The predicted octanol–water partition coefficient (Wildman–Crippen LogP) is 12.5. The number of carbonyl (C=O) groups is 1. The molecule has 0 aromatic rings. The fourth-order valence-corrected chi connectivity index (χ4v) is 15.9. The van der Waals surface area contributed by atoms with E-state index in [1.807, 2.05) is 0 Å². The smallest absolute Gasteiger partial charge is 0.300 e. The van der Waals surface area contributed by atoms with E-state index in [0.717, 1.165) is 6.92 Å². The van der Waals surface area contributed by atoms with Gasteiger partial charge < -0.3 is 5.11 Å². The first-order valence-corrected chi connectivity index (χ1v) is 22.2. The lowest BCUT2D eigenvalue weighted by Gasteiger charge is -2.28. The number of carboxylic acid groups (broad SMARTS) is 1. The van der Waals surface area contributed by atoms with Crippen LogP contribution in [0.25, 0.3) is 0 Å². The minimum atomic E-state index is -0.833. The van der Waals surface area contributed by atoms with Gasteiger partial charge in [-0.1, -0.05) is 107 Å². The highest BCUT2D eigenvalue weighted by Gasteiger charge is 2.35. The zero-order valence-electron chi connectivity index (χ0n) is 28.2. The minimum Gasteiger partial charge on any atom is -0.481 e. The SMILES string of the molecule is CC(=O)O.CCCC[P+](CCCC)(CCCC)CCCC.CCCC[P+](CCCC)(CCCC)CCCC. The Morgan fingerprint density at radius 3 is 0.579 bits per heavy atom. The van der Waals surface area contributed by atoms with Gasteiger partial charge >= 0.3 is 0 Å². The van der Waals surface area contributed by atoms with Gasteiger partial charge in [0.05, 0.1) is 49.3 Å². The number of unbranched alkanes of at least 4 members (excludes halogenated alkanes) is 8. The van der Waals surface area contributed by atoms with Gasteiger partial charge in [-0.15, -0.1) is 0 Å². The van der Waals surface area contributed by atoms with Crippen LogP contribution < -0.4 is 0 Å². The fourth-order valence-electron chi connectivity index (χ4n) is 5.29. The molecule has 0 spiro atoms. The predicted molar refractivity (Wildman–Crippen MR) is 185 cm³/mol. The fraction of sp³-hybridized carbons (Fsp3) is 0.971. The number of rotatable bonds is 24. The summed E-state index contributed by atoms with van der Waals surface area (Å²) in [6, 6.07) is 0. The van der Waals surface area contributed by atoms with Gasteiger partial charge in [0.15, 0.2) is 0 Å². The van der Waals surface area contributed by atoms with Crippen molar-refractivity contribution >= 4 is 20.5 Å². The molecule has 4 heteroatoms. The van der Waals surface area contributed by atoms with E-state index in [-0.39, 0.29) is 0 Å². The summed E-state index contributed by atoms with van der Waals surface area (Å²) in [4.78, 5) is 9.00. The van der Waals surface area contributed by atoms with Crippen molar-refractivity contribution in [2.24, 2.45) is 0 Å². The van der Waals surface area contributed by atoms with E-state index in [1.54, 1.807) is 49.3 Å². The Morgan fingerprint density at radius 2 is 0.500 bits per heavy atom. The molecule has 0 radical (unpaired) electrons. The van der Waals surface area contributed by atoms with E-state index in [0.29, 0.717) is 0 Å². The summed E-state index contributed by atoms with van der Waals surface area (Å²) >= 11 is 0. The Morgan fingerprint density at radius 1 is 0.395 bits per heavy atom. The monoisotopic (exact) mass is 579 g/mol. The van der Waals surface area contributed by atoms with Gasteiger partial charge in [0, 0.05) is 21.4 Å². The van der Waals surface area contributed by atoms with Gasteiger partial charge in [-0.25, -0.2) is 0 Å². The summed E-state index contributed by atoms with van der Waals surface area (Å²) < 4.78 is 0. The molecule has 0 aromatic carbocycles. The minimum absolute atomic E-state index is 0.562. The average molecular weight is 579 g/mol. The van der Waals surface area contributed by atoms with Gasteiger partial charge in [0.25, 0.3) is 5.97 Å².